The van der Waals surface area contributed by atoms with E-state index in [0.29, 0.717) is 0 Å². The van der Waals surface area contributed by atoms with Crippen LogP contribution in [0.4, 0.5) is 0 Å². The molecule has 0 fully saturated rings. The van der Waals surface area contributed by atoms with E-state index in [0.717, 1.165) is 6.92 Å². The molecule has 0 aliphatic carbocycles. The third-order valence-corrected chi connectivity index (χ3v) is 1.12. The molecule has 0 amide bonds. The van der Waals surface area contributed by atoms with Gasteiger partial charge < -0.3 is 0 Å². The zero-order valence-corrected chi connectivity index (χ0v) is 7.93. The van der Waals surface area contributed by atoms with Gasteiger partial charge in [-0.25, -0.2) is 4.79 Å². The number of rotatable bonds is 2. The molecule has 5 heteroatoms. The highest BCUT2D eigenvalue weighted by Crippen LogP contribution is 2.13. The first-order valence-electron chi connectivity index (χ1n) is 3.39. The number of hydrogen-bond donors (Lipinski definition) is 1. The zero-order chi connectivity index (χ0) is 9.28. The van der Waals surface area contributed by atoms with Crippen molar-refractivity contribution in [2.75, 3.05) is 0 Å². The number of unbranched alkanes of at least 4 members (excludes halogenated alkanes) is 1. The van der Waals surface area contributed by atoms with E-state index in [9.17, 15) is 9.36 Å². The molecule has 66 valence electrons. The smallest absolute Gasteiger partial charge is 0.247 e. The summed E-state index contributed by atoms with van der Waals surface area (Å²) in [5.74, 6) is -0.747. The van der Waals surface area contributed by atoms with Crippen molar-refractivity contribution in [3.8, 4) is 0 Å². The van der Waals surface area contributed by atoms with Gasteiger partial charge in [-0.1, -0.05) is 26.7 Å². The lowest BCUT2D eigenvalue weighted by molar-refractivity contribution is -0.131. The Bertz CT molecular complexity index is 110. The maximum absolute atomic E-state index is 9.69. The molecule has 1 atom stereocenters. The SMILES string of the molecule is CC(=O)O[P+](=O)O.CCCC. The van der Waals surface area contributed by atoms with E-state index in [4.69, 9.17) is 4.89 Å². The Morgan fingerprint density at radius 2 is 1.82 bits per heavy atom. The molecule has 0 aromatic carbocycles. The van der Waals surface area contributed by atoms with Gasteiger partial charge >= 0.3 is 14.2 Å². The molecule has 1 N–H and O–H groups in total. The highest BCUT2D eigenvalue weighted by molar-refractivity contribution is 7.32. The highest BCUT2D eigenvalue weighted by atomic mass is 31.1. The maximum Gasteiger partial charge on any atom is 0.750 e. The molecule has 0 saturated heterocycles. The Balaban J connectivity index is 0. The predicted octanol–water partition coefficient (Wildman–Crippen LogP) is 2.01. The lowest BCUT2D eigenvalue weighted by Crippen LogP contribution is -1.87. The van der Waals surface area contributed by atoms with E-state index < -0.39 is 14.2 Å². The fraction of sp³-hybridized carbons (Fsp3) is 0.833. The van der Waals surface area contributed by atoms with Crippen LogP contribution in [-0.2, 0) is 13.9 Å². The fourth-order valence-corrected chi connectivity index (χ4v) is 0.330. The second-order valence-corrected chi connectivity index (χ2v) is 2.48. The van der Waals surface area contributed by atoms with Crippen LogP contribution in [0, 0.1) is 0 Å². The van der Waals surface area contributed by atoms with Crippen LogP contribution in [0.2, 0.25) is 0 Å². The Morgan fingerprint density at radius 1 is 1.45 bits per heavy atom. The number of carbonyl (C=O) groups is 1. The summed E-state index contributed by atoms with van der Waals surface area (Å²) in [6, 6.07) is 0. The lowest BCUT2D eigenvalue weighted by Gasteiger charge is -1.71. The van der Waals surface area contributed by atoms with Crippen molar-refractivity contribution in [2.45, 2.75) is 33.6 Å². The van der Waals surface area contributed by atoms with E-state index in [1.807, 2.05) is 0 Å². The van der Waals surface area contributed by atoms with Crippen molar-refractivity contribution in [2.24, 2.45) is 0 Å². The van der Waals surface area contributed by atoms with Crippen molar-refractivity contribution in [1.82, 2.24) is 0 Å². The lowest BCUT2D eigenvalue weighted by atomic mass is 10.4. The Kier molecular flexibility index (Phi) is 11.4. The molecule has 0 bridgehead atoms. The molecule has 0 aliphatic rings. The first-order valence-corrected chi connectivity index (χ1v) is 4.52. The first kappa shape index (κ1) is 13.1. The minimum Gasteiger partial charge on any atom is -0.247 e. The quantitative estimate of drug-likeness (QED) is 0.662. The topological polar surface area (TPSA) is 63.6 Å². The monoisotopic (exact) mass is 181 g/mol. The third kappa shape index (κ3) is 26.3. The van der Waals surface area contributed by atoms with Crippen molar-refractivity contribution in [1.29, 1.82) is 0 Å². The van der Waals surface area contributed by atoms with Crippen LogP contribution in [0.1, 0.15) is 33.6 Å². The van der Waals surface area contributed by atoms with Crippen LogP contribution in [-0.4, -0.2) is 10.9 Å². The molecule has 0 radical (unpaired) electrons. The summed E-state index contributed by atoms with van der Waals surface area (Å²) in [7, 11) is -2.74. The highest BCUT2D eigenvalue weighted by Gasteiger charge is 2.14. The molecule has 11 heavy (non-hydrogen) atoms. The maximum atomic E-state index is 9.69. The Hall–Kier alpha value is -0.470. The number of hydrogen-bond acceptors (Lipinski definition) is 3. The first-order chi connectivity index (χ1) is 5.04. The molecule has 0 rings (SSSR count). The summed E-state index contributed by atoms with van der Waals surface area (Å²) in [6.45, 7) is 5.42. The summed E-state index contributed by atoms with van der Waals surface area (Å²) in [5, 5.41) is 0. The van der Waals surface area contributed by atoms with E-state index in [2.05, 4.69) is 18.4 Å². The van der Waals surface area contributed by atoms with Gasteiger partial charge in [0.1, 0.15) is 0 Å². The van der Waals surface area contributed by atoms with Crippen LogP contribution in [0.5, 0.6) is 0 Å². The molecular formula is C6H14O4P+. The standard InChI is InChI=1S/C4H10.C2H3O4P/c1-3-4-2;1-2(3)6-7(4)5/h3-4H2,1-2H3;1H3/p+1. The summed E-state index contributed by atoms with van der Waals surface area (Å²) in [6.07, 6.45) is 2.64. The molecular weight excluding hydrogens is 167 g/mol. The van der Waals surface area contributed by atoms with E-state index in [1.165, 1.54) is 12.8 Å². The van der Waals surface area contributed by atoms with Gasteiger partial charge in [-0.15, -0.1) is 4.89 Å². The second kappa shape index (κ2) is 9.53. The average molecular weight is 181 g/mol. The van der Waals surface area contributed by atoms with Gasteiger partial charge in [0, 0.05) is 11.5 Å². The summed E-state index contributed by atoms with van der Waals surface area (Å²) >= 11 is 0. The van der Waals surface area contributed by atoms with Gasteiger partial charge in [-0.2, -0.15) is 4.52 Å². The van der Waals surface area contributed by atoms with E-state index in [-0.39, 0.29) is 0 Å². The van der Waals surface area contributed by atoms with Crippen molar-refractivity contribution in [3.05, 3.63) is 0 Å². The normalized spacial score (nSPS) is 9.27. The van der Waals surface area contributed by atoms with Gasteiger partial charge in [0.15, 0.2) is 0 Å². The zero-order valence-electron chi connectivity index (χ0n) is 7.03. The summed E-state index contributed by atoms with van der Waals surface area (Å²) < 4.78 is 13.2. The van der Waals surface area contributed by atoms with Gasteiger partial charge in [-0.05, 0) is 0 Å². The molecule has 0 aromatic heterocycles. The van der Waals surface area contributed by atoms with E-state index in [1.54, 1.807) is 0 Å². The minimum atomic E-state index is -2.74. The largest absolute Gasteiger partial charge is 0.750 e. The minimum absolute atomic E-state index is 0.747. The Labute approximate surface area is 67.5 Å². The van der Waals surface area contributed by atoms with Gasteiger partial charge in [0.2, 0.25) is 0 Å². The van der Waals surface area contributed by atoms with Crippen LogP contribution in [0.15, 0.2) is 0 Å². The van der Waals surface area contributed by atoms with Gasteiger partial charge in [0.05, 0.1) is 0 Å². The van der Waals surface area contributed by atoms with Crippen molar-refractivity contribution < 1.29 is 18.8 Å². The third-order valence-electron chi connectivity index (χ3n) is 0.707. The predicted molar refractivity (Wildman–Crippen MR) is 42.2 cm³/mol. The van der Waals surface area contributed by atoms with E-state index >= 15 is 0 Å². The number of carbonyl (C=O) groups excluding carboxylic acids is 1. The molecule has 1 unspecified atom stereocenters. The molecule has 0 saturated carbocycles. The van der Waals surface area contributed by atoms with Crippen LogP contribution in [0.3, 0.4) is 0 Å². The molecule has 0 spiro atoms. The molecule has 4 nitrogen and oxygen atoms in total. The van der Waals surface area contributed by atoms with Crippen LogP contribution < -0.4 is 0 Å². The summed E-state index contributed by atoms with van der Waals surface area (Å²) in [5.41, 5.74) is 0. The van der Waals surface area contributed by atoms with Crippen LogP contribution >= 0.6 is 8.25 Å². The van der Waals surface area contributed by atoms with Gasteiger partial charge in [-0.3, -0.25) is 0 Å². The Morgan fingerprint density at radius 3 is 1.82 bits per heavy atom. The summed E-state index contributed by atoms with van der Waals surface area (Å²) in [4.78, 5) is 17.5. The molecule has 0 aliphatic heterocycles. The second-order valence-electron chi connectivity index (χ2n) is 1.82. The molecule has 0 heterocycles. The van der Waals surface area contributed by atoms with Crippen molar-refractivity contribution >= 4 is 14.2 Å². The average Bonchev–Trinajstić information content (AvgIpc) is 1.85. The van der Waals surface area contributed by atoms with Gasteiger partial charge in [0.25, 0.3) is 0 Å². The van der Waals surface area contributed by atoms with Crippen LogP contribution in [0.25, 0.3) is 0 Å². The van der Waals surface area contributed by atoms with Crippen molar-refractivity contribution in [3.63, 3.8) is 0 Å². The fourth-order valence-electron chi connectivity index (χ4n) is 0.110. The molecule has 0 aromatic rings.